The molecule has 0 bridgehead atoms. The van der Waals surface area contributed by atoms with E-state index in [1.54, 1.807) is 13.2 Å². The van der Waals surface area contributed by atoms with Crippen LogP contribution in [-0.4, -0.2) is 33.0 Å². The number of methoxy groups -OCH3 is 1. The first kappa shape index (κ1) is 11.1. The summed E-state index contributed by atoms with van der Waals surface area (Å²) in [6.07, 6.45) is 1.39. The molecule has 88 valence electrons. The monoisotopic (exact) mass is 233 g/mol. The predicted octanol–water partition coefficient (Wildman–Crippen LogP) is 1.04. The molecule has 0 fully saturated rings. The average molecular weight is 233 g/mol. The lowest BCUT2D eigenvalue weighted by molar-refractivity contribution is -0.137. The predicted molar refractivity (Wildman–Crippen MR) is 59.6 cm³/mol. The zero-order chi connectivity index (χ0) is 12.3. The van der Waals surface area contributed by atoms with Crippen LogP contribution < -0.4 is 4.74 Å². The smallest absolute Gasteiger partial charge is 0.325 e. The van der Waals surface area contributed by atoms with Crippen LogP contribution in [-0.2, 0) is 11.3 Å². The summed E-state index contributed by atoms with van der Waals surface area (Å²) >= 11 is 0. The van der Waals surface area contributed by atoms with Crippen molar-refractivity contribution in [3.8, 4) is 17.1 Å². The molecule has 0 atom stereocenters. The first-order chi connectivity index (χ1) is 8.19. The minimum absolute atomic E-state index is 0.197. The van der Waals surface area contributed by atoms with Crippen LogP contribution in [0.25, 0.3) is 11.4 Å². The van der Waals surface area contributed by atoms with E-state index in [4.69, 9.17) is 9.84 Å². The van der Waals surface area contributed by atoms with E-state index in [1.807, 2.05) is 18.2 Å². The van der Waals surface area contributed by atoms with Crippen LogP contribution >= 0.6 is 0 Å². The van der Waals surface area contributed by atoms with Crippen LogP contribution in [0.1, 0.15) is 0 Å². The number of ether oxygens (including phenoxy) is 1. The second-order valence-corrected chi connectivity index (χ2v) is 3.39. The van der Waals surface area contributed by atoms with Gasteiger partial charge in [-0.25, -0.2) is 9.67 Å². The molecule has 0 unspecified atom stereocenters. The molecule has 0 aliphatic heterocycles. The fourth-order valence-electron chi connectivity index (χ4n) is 1.40. The second kappa shape index (κ2) is 4.65. The summed E-state index contributed by atoms with van der Waals surface area (Å²) in [5.74, 6) is 0.231. The molecule has 6 heteroatoms. The minimum Gasteiger partial charge on any atom is -0.497 e. The normalized spacial score (nSPS) is 10.2. The van der Waals surface area contributed by atoms with Crippen LogP contribution in [0.5, 0.6) is 5.75 Å². The molecule has 1 aromatic carbocycles. The van der Waals surface area contributed by atoms with E-state index in [2.05, 4.69) is 10.1 Å². The van der Waals surface area contributed by atoms with Gasteiger partial charge in [0, 0.05) is 5.56 Å². The lowest BCUT2D eigenvalue weighted by Gasteiger charge is -2.00. The summed E-state index contributed by atoms with van der Waals surface area (Å²) in [5.41, 5.74) is 0.786. The van der Waals surface area contributed by atoms with E-state index in [0.29, 0.717) is 11.6 Å². The third-order valence-electron chi connectivity index (χ3n) is 2.16. The average Bonchev–Trinajstić information content (AvgIpc) is 2.77. The highest BCUT2D eigenvalue weighted by atomic mass is 16.5. The van der Waals surface area contributed by atoms with E-state index in [-0.39, 0.29) is 6.54 Å². The molecule has 0 radical (unpaired) electrons. The molecule has 0 spiro atoms. The summed E-state index contributed by atoms with van der Waals surface area (Å²) in [6, 6.07) is 7.27. The number of benzene rings is 1. The Morgan fingerprint density at radius 3 is 3.06 bits per heavy atom. The molecule has 1 N–H and O–H groups in total. The Bertz CT molecular complexity index is 536. The van der Waals surface area contributed by atoms with Gasteiger partial charge in [-0.2, -0.15) is 5.10 Å². The molecule has 0 aliphatic carbocycles. The summed E-state index contributed by atoms with van der Waals surface area (Å²) in [6.45, 7) is -0.197. The fourth-order valence-corrected chi connectivity index (χ4v) is 1.40. The lowest BCUT2D eigenvalue weighted by Crippen LogP contribution is -2.08. The van der Waals surface area contributed by atoms with E-state index in [0.717, 1.165) is 5.56 Å². The highest BCUT2D eigenvalue weighted by Crippen LogP contribution is 2.20. The molecule has 0 aliphatic rings. The van der Waals surface area contributed by atoms with Crippen molar-refractivity contribution in [1.82, 2.24) is 14.8 Å². The van der Waals surface area contributed by atoms with Crippen LogP contribution in [0, 0.1) is 0 Å². The number of carboxylic acids is 1. The number of aliphatic carboxylic acids is 1. The van der Waals surface area contributed by atoms with Crippen LogP contribution in [0.3, 0.4) is 0 Å². The maximum absolute atomic E-state index is 10.5. The van der Waals surface area contributed by atoms with Gasteiger partial charge in [-0.1, -0.05) is 12.1 Å². The largest absolute Gasteiger partial charge is 0.497 e. The molecule has 2 rings (SSSR count). The van der Waals surface area contributed by atoms with Gasteiger partial charge in [0.25, 0.3) is 0 Å². The standard InChI is InChI=1S/C11H11N3O3/c1-17-9-4-2-3-8(5-9)11-12-7-14(13-11)6-10(15)16/h2-5,7H,6H2,1H3,(H,15,16). The quantitative estimate of drug-likeness (QED) is 0.853. The van der Waals surface area contributed by atoms with Crippen molar-refractivity contribution in [1.29, 1.82) is 0 Å². The Labute approximate surface area is 97.5 Å². The summed E-state index contributed by atoms with van der Waals surface area (Å²) in [7, 11) is 1.58. The van der Waals surface area contributed by atoms with Crippen molar-refractivity contribution in [2.24, 2.45) is 0 Å². The van der Waals surface area contributed by atoms with Gasteiger partial charge in [-0.05, 0) is 12.1 Å². The highest BCUT2D eigenvalue weighted by Gasteiger charge is 2.07. The van der Waals surface area contributed by atoms with Crippen molar-refractivity contribution in [2.75, 3.05) is 7.11 Å². The van der Waals surface area contributed by atoms with Crippen LogP contribution in [0.2, 0.25) is 0 Å². The van der Waals surface area contributed by atoms with Gasteiger partial charge in [-0.15, -0.1) is 0 Å². The number of carboxylic acid groups (broad SMARTS) is 1. The first-order valence-corrected chi connectivity index (χ1v) is 4.94. The Balaban J connectivity index is 2.26. The van der Waals surface area contributed by atoms with Gasteiger partial charge in [0.2, 0.25) is 0 Å². The molecular formula is C11H11N3O3. The summed E-state index contributed by atoms with van der Waals surface area (Å²) in [5, 5.41) is 12.7. The maximum Gasteiger partial charge on any atom is 0.325 e. The summed E-state index contributed by atoms with van der Waals surface area (Å²) < 4.78 is 6.37. The Kier molecular flexibility index (Phi) is 3.04. The molecular weight excluding hydrogens is 222 g/mol. The van der Waals surface area contributed by atoms with Gasteiger partial charge in [0.1, 0.15) is 18.6 Å². The van der Waals surface area contributed by atoms with E-state index in [1.165, 1.54) is 11.0 Å². The van der Waals surface area contributed by atoms with Crippen molar-refractivity contribution in [3.05, 3.63) is 30.6 Å². The van der Waals surface area contributed by atoms with Crippen LogP contribution in [0.15, 0.2) is 30.6 Å². The Morgan fingerprint density at radius 1 is 1.53 bits per heavy atom. The van der Waals surface area contributed by atoms with Crippen molar-refractivity contribution >= 4 is 5.97 Å². The molecule has 17 heavy (non-hydrogen) atoms. The van der Waals surface area contributed by atoms with E-state index in [9.17, 15) is 4.79 Å². The van der Waals surface area contributed by atoms with Crippen molar-refractivity contribution in [2.45, 2.75) is 6.54 Å². The number of carbonyl (C=O) groups is 1. The van der Waals surface area contributed by atoms with Crippen molar-refractivity contribution in [3.63, 3.8) is 0 Å². The van der Waals surface area contributed by atoms with Gasteiger partial charge in [0.15, 0.2) is 5.82 Å². The molecule has 0 saturated heterocycles. The number of rotatable bonds is 4. The van der Waals surface area contributed by atoms with Gasteiger partial charge < -0.3 is 9.84 Å². The number of nitrogens with zero attached hydrogens (tertiary/aromatic N) is 3. The Morgan fingerprint density at radius 2 is 2.35 bits per heavy atom. The van der Waals surface area contributed by atoms with Gasteiger partial charge in [-0.3, -0.25) is 4.79 Å². The van der Waals surface area contributed by atoms with E-state index < -0.39 is 5.97 Å². The van der Waals surface area contributed by atoms with Crippen molar-refractivity contribution < 1.29 is 14.6 Å². The summed E-state index contributed by atoms with van der Waals surface area (Å²) in [4.78, 5) is 14.6. The minimum atomic E-state index is -0.952. The van der Waals surface area contributed by atoms with E-state index >= 15 is 0 Å². The number of hydrogen-bond donors (Lipinski definition) is 1. The maximum atomic E-state index is 10.5. The molecule has 6 nitrogen and oxygen atoms in total. The molecule has 0 saturated carbocycles. The highest BCUT2D eigenvalue weighted by molar-refractivity contribution is 5.66. The fraction of sp³-hybridized carbons (Fsp3) is 0.182. The first-order valence-electron chi connectivity index (χ1n) is 4.94. The lowest BCUT2D eigenvalue weighted by atomic mass is 10.2. The van der Waals surface area contributed by atoms with Crippen LogP contribution in [0.4, 0.5) is 0 Å². The zero-order valence-corrected chi connectivity index (χ0v) is 9.20. The molecule has 1 heterocycles. The Hall–Kier alpha value is -2.37. The third-order valence-corrected chi connectivity index (χ3v) is 2.16. The third kappa shape index (κ3) is 2.60. The van der Waals surface area contributed by atoms with Gasteiger partial charge >= 0.3 is 5.97 Å². The topological polar surface area (TPSA) is 77.2 Å². The SMILES string of the molecule is COc1cccc(-c2ncn(CC(=O)O)n2)c1. The second-order valence-electron chi connectivity index (χ2n) is 3.39. The molecule has 1 aromatic heterocycles. The number of hydrogen-bond acceptors (Lipinski definition) is 4. The molecule has 0 amide bonds. The zero-order valence-electron chi connectivity index (χ0n) is 9.20. The molecule has 2 aromatic rings. The van der Waals surface area contributed by atoms with Gasteiger partial charge in [0.05, 0.1) is 7.11 Å². The number of aromatic nitrogens is 3.